The highest BCUT2D eigenvalue weighted by molar-refractivity contribution is 6.09. The topological polar surface area (TPSA) is 48.0 Å². The van der Waals surface area contributed by atoms with E-state index in [0.717, 1.165) is 0 Å². The van der Waals surface area contributed by atoms with Crippen LogP contribution in [0, 0.1) is 5.82 Å². The van der Waals surface area contributed by atoms with Crippen LogP contribution in [-0.4, -0.2) is 39.0 Å². The molecule has 0 atom stereocenters. The van der Waals surface area contributed by atoms with Gasteiger partial charge in [0.15, 0.2) is 5.76 Å². The van der Waals surface area contributed by atoms with Gasteiger partial charge in [-0.3, -0.25) is 4.79 Å². The highest BCUT2D eigenvalue weighted by Crippen LogP contribution is 2.27. The lowest BCUT2D eigenvalue weighted by Gasteiger charge is -2.15. The molecule has 2 aromatic carbocycles. The van der Waals surface area contributed by atoms with E-state index >= 15 is 0 Å². The summed E-state index contributed by atoms with van der Waals surface area (Å²) in [6, 6.07) is 10.3. The van der Waals surface area contributed by atoms with Crippen molar-refractivity contribution < 1.29 is 23.4 Å². The number of carbonyl (C=O) groups is 1. The number of rotatable bonds is 7. The number of ether oxygens (including phenoxy) is 3. The molecule has 2 aromatic rings. The van der Waals surface area contributed by atoms with Crippen molar-refractivity contribution in [1.29, 1.82) is 0 Å². The van der Waals surface area contributed by atoms with Gasteiger partial charge in [-0.2, -0.15) is 0 Å². The summed E-state index contributed by atoms with van der Waals surface area (Å²) in [5, 5.41) is 0. The van der Waals surface area contributed by atoms with Crippen LogP contribution in [0.1, 0.15) is 10.4 Å². The van der Waals surface area contributed by atoms with Gasteiger partial charge >= 0.3 is 0 Å². The van der Waals surface area contributed by atoms with E-state index in [2.05, 4.69) is 0 Å². The van der Waals surface area contributed by atoms with Crippen LogP contribution >= 0.6 is 0 Å². The smallest absolute Gasteiger partial charge is 0.233 e. The Morgan fingerprint density at radius 1 is 1.00 bits per heavy atom. The molecule has 0 radical (unpaired) electrons. The minimum Gasteiger partial charge on any atom is -0.497 e. The summed E-state index contributed by atoms with van der Waals surface area (Å²) < 4.78 is 29.1. The molecule has 0 aromatic heterocycles. The fourth-order valence-corrected chi connectivity index (χ4v) is 2.11. The lowest BCUT2D eigenvalue weighted by molar-refractivity contribution is 0.0979. The van der Waals surface area contributed by atoms with E-state index in [0.29, 0.717) is 22.8 Å². The molecule has 5 nitrogen and oxygen atoms in total. The van der Waals surface area contributed by atoms with Gasteiger partial charge in [0.25, 0.3) is 0 Å². The number of allylic oxidation sites excluding steroid dienone is 1. The minimum absolute atomic E-state index is 0.0834. The van der Waals surface area contributed by atoms with Crippen LogP contribution in [0.15, 0.2) is 54.4 Å². The Morgan fingerprint density at radius 3 is 2.20 bits per heavy atom. The van der Waals surface area contributed by atoms with E-state index in [1.807, 2.05) is 0 Å². The standard InChI is InChI=1S/C19H20FNO4/c1-21(2)12-18(25-14-7-5-13(20)6-8-14)19(22)16-10-9-15(23-3)11-17(16)24-4/h5-12H,1-4H3/b18-12-. The third-order valence-electron chi connectivity index (χ3n) is 3.29. The van der Waals surface area contributed by atoms with Crippen LogP contribution in [-0.2, 0) is 0 Å². The largest absolute Gasteiger partial charge is 0.497 e. The average Bonchev–Trinajstić information content (AvgIpc) is 2.61. The number of benzene rings is 2. The normalized spacial score (nSPS) is 11.0. The summed E-state index contributed by atoms with van der Waals surface area (Å²) in [7, 11) is 6.55. The highest BCUT2D eigenvalue weighted by Gasteiger charge is 2.20. The maximum Gasteiger partial charge on any atom is 0.233 e. The summed E-state index contributed by atoms with van der Waals surface area (Å²) >= 11 is 0. The third kappa shape index (κ3) is 4.73. The molecule has 0 bridgehead atoms. The Kier molecular flexibility index (Phi) is 6.00. The second kappa shape index (κ2) is 8.19. The minimum atomic E-state index is -0.381. The van der Waals surface area contributed by atoms with Gasteiger partial charge in [-0.15, -0.1) is 0 Å². The van der Waals surface area contributed by atoms with Gasteiger partial charge in [0, 0.05) is 26.4 Å². The molecule has 0 amide bonds. The lowest BCUT2D eigenvalue weighted by Crippen LogP contribution is -2.15. The number of carbonyl (C=O) groups excluding carboxylic acids is 1. The van der Waals surface area contributed by atoms with Gasteiger partial charge in [0.2, 0.25) is 5.78 Å². The van der Waals surface area contributed by atoms with E-state index in [1.54, 1.807) is 43.4 Å². The molecule has 2 rings (SSSR count). The first-order chi connectivity index (χ1) is 11.9. The summed E-state index contributed by atoms with van der Waals surface area (Å²) in [4.78, 5) is 14.6. The van der Waals surface area contributed by atoms with Crippen LogP contribution in [0.2, 0.25) is 0 Å². The van der Waals surface area contributed by atoms with Gasteiger partial charge in [-0.25, -0.2) is 4.39 Å². The first-order valence-electron chi connectivity index (χ1n) is 7.53. The fraction of sp³-hybridized carbons (Fsp3) is 0.211. The molecule has 0 aliphatic rings. The second-order valence-corrected chi connectivity index (χ2v) is 5.41. The number of ketones is 1. The van der Waals surface area contributed by atoms with Crippen LogP contribution < -0.4 is 14.2 Å². The van der Waals surface area contributed by atoms with Crippen LogP contribution in [0.4, 0.5) is 4.39 Å². The van der Waals surface area contributed by atoms with E-state index in [9.17, 15) is 9.18 Å². The summed E-state index contributed by atoms with van der Waals surface area (Å²) in [5.41, 5.74) is 0.332. The Balaban J connectivity index is 2.38. The van der Waals surface area contributed by atoms with Gasteiger partial charge in [-0.05, 0) is 36.4 Å². The zero-order valence-corrected chi connectivity index (χ0v) is 14.6. The highest BCUT2D eigenvalue weighted by atomic mass is 19.1. The Morgan fingerprint density at radius 2 is 1.64 bits per heavy atom. The SMILES string of the molecule is COc1ccc(C(=O)/C(=C/N(C)C)Oc2ccc(F)cc2)c(OC)c1. The van der Waals surface area contributed by atoms with E-state index in [-0.39, 0.29) is 17.4 Å². The maximum absolute atomic E-state index is 13.1. The Hall–Kier alpha value is -3.02. The Labute approximate surface area is 146 Å². The van der Waals surface area contributed by atoms with Crippen molar-refractivity contribution in [2.75, 3.05) is 28.3 Å². The second-order valence-electron chi connectivity index (χ2n) is 5.41. The number of Topliss-reactive ketones (excluding diaryl/α,β-unsaturated/α-hetero) is 1. The predicted molar refractivity (Wildman–Crippen MR) is 92.7 cm³/mol. The molecule has 25 heavy (non-hydrogen) atoms. The zero-order valence-electron chi connectivity index (χ0n) is 14.6. The molecule has 0 saturated carbocycles. The van der Waals surface area contributed by atoms with Crippen molar-refractivity contribution >= 4 is 5.78 Å². The predicted octanol–water partition coefficient (Wildman–Crippen LogP) is 3.51. The monoisotopic (exact) mass is 345 g/mol. The lowest BCUT2D eigenvalue weighted by atomic mass is 10.1. The zero-order chi connectivity index (χ0) is 18.4. The van der Waals surface area contributed by atoms with Crippen molar-refractivity contribution in [3.8, 4) is 17.2 Å². The molecule has 6 heteroatoms. The number of hydrogen-bond acceptors (Lipinski definition) is 5. The fourth-order valence-electron chi connectivity index (χ4n) is 2.11. The van der Waals surface area contributed by atoms with E-state index in [4.69, 9.17) is 14.2 Å². The molecule has 132 valence electrons. The van der Waals surface area contributed by atoms with Gasteiger partial charge in [0.05, 0.1) is 19.8 Å². The molecule has 0 N–H and O–H groups in total. The van der Waals surface area contributed by atoms with Gasteiger partial charge < -0.3 is 19.1 Å². The first kappa shape index (κ1) is 18.3. The quantitative estimate of drug-likeness (QED) is 0.437. The number of nitrogens with zero attached hydrogens (tertiary/aromatic N) is 1. The number of methoxy groups -OCH3 is 2. The molecule has 0 fully saturated rings. The van der Waals surface area contributed by atoms with Crippen LogP contribution in [0.3, 0.4) is 0 Å². The van der Waals surface area contributed by atoms with Crippen LogP contribution in [0.5, 0.6) is 17.2 Å². The Bertz CT molecular complexity index is 769. The maximum atomic E-state index is 13.1. The molecule has 0 spiro atoms. The molecule has 0 saturated heterocycles. The first-order valence-corrected chi connectivity index (χ1v) is 7.53. The summed E-state index contributed by atoms with van der Waals surface area (Å²) in [6.07, 6.45) is 1.55. The van der Waals surface area contributed by atoms with E-state index in [1.165, 1.54) is 38.5 Å². The van der Waals surface area contributed by atoms with Crippen molar-refractivity contribution in [2.24, 2.45) is 0 Å². The molecular formula is C19H20FNO4. The van der Waals surface area contributed by atoms with Crippen molar-refractivity contribution in [2.45, 2.75) is 0 Å². The van der Waals surface area contributed by atoms with Gasteiger partial charge in [0.1, 0.15) is 23.1 Å². The number of halogens is 1. The summed E-state index contributed by atoms with van der Waals surface area (Å²) in [5.74, 6) is 0.643. The molecule has 0 aliphatic heterocycles. The van der Waals surface area contributed by atoms with Crippen molar-refractivity contribution in [3.63, 3.8) is 0 Å². The molecule has 0 heterocycles. The third-order valence-corrected chi connectivity index (χ3v) is 3.29. The van der Waals surface area contributed by atoms with Gasteiger partial charge in [-0.1, -0.05) is 0 Å². The van der Waals surface area contributed by atoms with Crippen LogP contribution in [0.25, 0.3) is 0 Å². The van der Waals surface area contributed by atoms with Crippen molar-refractivity contribution in [3.05, 3.63) is 65.8 Å². The molecule has 0 aliphatic carbocycles. The summed E-state index contributed by atoms with van der Waals surface area (Å²) in [6.45, 7) is 0. The van der Waals surface area contributed by atoms with Crippen molar-refractivity contribution in [1.82, 2.24) is 4.90 Å². The average molecular weight is 345 g/mol. The van der Waals surface area contributed by atoms with E-state index < -0.39 is 0 Å². The number of hydrogen-bond donors (Lipinski definition) is 0. The molecule has 0 unspecified atom stereocenters. The molecular weight excluding hydrogens is 325 g/mol.